The van der Waals surface area contributed by atoms with Crippen LogP contribution < -0.4 is 10.2 Å². The van der Waals surface area contributed by atoms with E-state index in [4.69, 9.17) is 0 Å². The second-order valence-corrected chi connectivity index (χ2v) is 5.88. The first-order chi connectivity index (χ1) is 11.1. The molecule has 0 saturated carbocycles. The first-order valence-corrected chi connectivity index (χ1v) is 7.86. The molecule has 0 radical (unpaired) electrons. The largest absolute Gasteiger partial charge is 0.347 e. The monoisotopic (exact) mass is 308 g/mol. The molecule has 0 spiro atoms. The molecule has 1 heterocycles. The van der Waals surface area contributed by atoms with Gasteiger partial charge < -0.3 is 10.2 Å². The van der Waals surface area contributed by atoms with Gasteiger partial charge >= 0.3 is 0 Å². The van der Waals surface area contributed by atoms with E-state index in [1.54, 1.807) is 4.90 Å². The third-order valence-electron chi connectivity index (χ3n) is 4.12. The summed E-state index contributed by atoms with van der Waals surface area (Å²) in [5, 5.41) is 2.73. The quantitative estimate of drug-likeness (QED) is 0.942. The molecule has 0 aromatic heterocycles. The molecule has 1 aliphatic heterocycles. The predicted octanol–water partition coefficient (Wildman–Crippen LogP) is 2.32. The highest BCUT2D eigenvalue weighted by molar-refractivity contribution is 5.99. The minimum Gasteiger partial charge on any atom is -0.347 e. The van der Waals surface area contributed by atoms with E-state index in [9.17, 15) is 9.59 Å². The van der Waals surface area contributed by atoms with Crippen LogP contribution in [0.2, 0.25) is 0 Å². The number of benzene rings is 2. The Kier molecular flexibility index (Phi) is 4.42. The van der Waals surface area contributed by atoms with Crippen LogP contribution in [0.4, 0.5) is 5.69 Å². The van der Waals surface area contributed by atoms with E-state index >= 15 is 0 Å². The highest BCUT2D eigenvalue weighted by atomic mass is 16.2. The van der Waals surface area contributed by atoms with Crippen molar-refractivity contribution < 1.29 is 9.59 Å². The molecule has 0 fully saturated rings. The van der Waals surface area contributed by atoms with Crippen LogP contribution in [-0.2, 0) is 22.4 Å². The Labute approximate surface area is 136 Å². The Bertz CT molecular complexity index is 712. The standard InChI is InChI=1S/C19H20N2O2/c1-14-11-16-9-5-6-10-17(16)21(14)19(23)13-20-18(22)12-15-7-3-2-4-8-15/h2-10,14H,11-13H2,1H3,(H,20,22). The molecule has 2 amide bonds. The lowest BCUT2D eigenvalue weighted by molar-refractivity contribution is -0.124. The van der Waals surface area contributed by atoms with Gasteiger partial charge in [-0.05, 0) is 30.5 Å². The second kappa shape index (κ2) is 6.65. The summed E-state index contributed by atoms with van der Waals surface area (Å²) in [5.41, 5.74) is 3.09. The maximum atomic E-state index is 12.5. The summed E-state index contributed by atoms with van der Waals surface area (Å²) in [7, 11) is 0. The summed E-state index contributed by atoms with van der Waals surface area (Å²) < 4.78 is 0. The van der Waals surface area contributed by atoms with Crippen molar-refractivity contribution in [3.63, 3.8) is 0 Å². The van der Waals surface area contributed by atoms with Crippen LogP contribution >= 0.6 is 0 Å². The maximum Gasteiger partial charge on any atom is 0.246 e. The van der Waals surface area contributed by atoms with Gasteiger partial charge in [-0.1, -0.05) is 48.5 Å². The van der Waals surface area contributed by atoms with E-state index in [1.807, 2.05) is 61.5 Å². The SMILES string of the molecule is CC1Cc2ccccc2N1C(=O)CNC(=O)Cc1ccccc1. The van der Waals surface area contributed by atoms with E-state index in [0.717, 1.165) is 17.7 Å². The Morgan fingerprint density at radius 1 is 1.09 bits per heavy atom. The topological polar surface area (TPSA) is 49.4 Å². The second-order valence-electron chi connectivity index (χ2n) is 5.88. The van der Waals surface area contributed by atoms with E-state index in [2.05, 4.69) is 5.32 Å². The van der Waals surface area contributed by atoms with Crippen LogP contribution in [0.5, 0.6) is 0 Å². The normalized spacial score (nSPS) is 16.0. The zero-order valence-electron chi connectivity index (χ0n) is 13.2. The van der Waals surface area contributed by atoms with Gasteiger partial charge in [0.1, 0.15) is 0 Å². The molecule has 0 aliphatic carbocycles. The van der Waals surface area contributed by atoms with Gasteiger partial charge in [0.15, 0.2) is 0 Å². The minimum absolute atomic E-state index is 0.0321. The van der Waals surface area contributed by atoms with E-state index in [-0.39, 0.29) is 24.4 Å². The highest BCUT2D eigenvalue weighted by Gasteiger charge is 2.30. The third kappa shape index (κ3) is 3.42. The Morgan fingerprint density at radius 2 is 1.78 bits per heavy atom. The van der Waals surface area contributed by atoms with Gasteiger partial charge in [0.2, 0.25) is 11.8 Å². The molecule has 2 aromatic carbocycles. The Morgan fingerprint density at radius 3 is 2.57 bits per heavy atom. The lowest BCUT2D eigenvalue weighted by Gasteiger charge is -2.22. The van der Waals surface area contributed by atoms with Gasteiger partial charge in [-0.15, -0.1) is 0 Å². The van der Waals surface area contributed by atoms with Gasteiger partial charge in [-0.2, -0.15) is 0 Å². The minimum atomic E-state index is -0.135. The van der Waals surface area contributed by atoms with Crippen molar-refractivity contribution in [1.29, 1.82) is 0 Å². The summed E-state index contributed by atoms with van der Waals surface area (Å²) in [6.07, 6.45) is 1.15. The van der Waals surface area contributed by atoms with E-state index < -0.39 is 0 Å². The number of amides is 2. The number of anilines is 1. The molecule has 2 aromatic rings. The first kappa shape index (κ1) is 15.3. The van der Waals surface area contributed by atoms with Crippen molar-refractivity contribution in [3.8, 4) is 0 Å². The van der Waals surface area contributed by atoms with Gasteiger partial charge in [-0.25, -0.2) is 0 Å². The van der Waals surface area contributed by atoms with Gasteiger partial charge in [0.05, 0.1) is 13.0 Å². The van der Waals surface area contributed by atoms with Gasteiger partial charge in [0, 0.05) is 11.7 Å². The lowest BCUT2D eigenvalue weighted by Crippen LogP contribution is -2.43. The Balaban J connectivity index is 1.58. The summed E-state index contributed by atoms with van der Waals surface area (Å²) in [6.45, 7) is 2.06. The fraction of sp³-hybridized carbons (Fsp3) is 0.263. The van der Waals surface area contributed by atoms with Crippen LogP contribution in [-0.4, -0.2) is 24.4 Å². The van der Waals surface area contributed by atoms with Crippen molar-refractivity contribution in [1.82, 2.24) is 5.32 Å². The van der Waals surface area contributed by atoms with Crippen LogP contribution in [0.15, 0.2) is 54.6 Å². The molecule has 4 nitrogen and oxygen atoms in total. The number of carbonyl (C=O) groups is 2. The van der Waals surface area contributed by atoms with Crippen molar-refractivity contribution in [2.24, 2.45) is 0 Å². The number of carbonyl (C=O) groups excluding carboxylic acids is 2. The fourth-order valence-corrected chi connectivity index (χ4v) is 3.05. The first-order valence-electron chi connectivity index (χ1n) is 7.86. The number of nitrogens with one attached hydrogen (secondary N) is 1. The van der Waals surface area contributed by atoms with Crippen LogP contribution in [0.25, 0.3) is 0 Å². The molecule has 1 aliphatic rings. The molecule has 1 atom stereocenters. The van der Waals surface area contributed by atoms with Crippen LogP contribution in [0.1, 0.15) is 18.1 Å². The van der Waals surface area contributed by atoms with Gasteiger partial charge in [0.25, 0.3) is 0 Å². The number of rotatable bonds is 4. The zero-order valence-corrected chi connectivity index (χ0v) is 13.2. The molecule has 3 rings (SSSR count). The van der Waals surface area contributed by atoms with Crippen molar-refractivity contribution >= 4 is 17.5 Å². The number of hydrogen-bond acceptors (Lipinski definition) is 2. The van der Waals surface area contributed by atoms with Gasteiger partial charge in [-0.3, -0.25) is 9.59 Å². The molecular formula is C19H20N2O2. The van der Waals surface area contributed by atoms with Crippen molar-refractivity contribution in [2.45, 2.75) is 25.8 Å². The van der Waals surface area contributed by atoms with E-state index in [0.29, 0.717) is 6.42 Å². The maximum absolute atomic E-state index is 12.5. The summed E-state index contributed by atoms with van der Waals surface area (Å²) in [5.74, 6) is -0.200. The summed E-state index contributed by atoms with van der Waals surface area (Å²) in [6, 6.07) is 17.6. The smallest absolute Gasteiger partial charge is 0.246 e. The molecule has 1 unspecified atom stereocenters. The highest BCUT2D eigenvalue weighted by Crippen LogP contribution is 2.31. The van der Waals surface area contributed by atoms with Crippen LogP contribution in [0, 0.1) is 0 Å². The number of fused-ring (bicyclic) bond motifs is 1. The molecule has 23 heavy (non-hydrogen) atoms. The van der Waals surface area contributed by atoms with E-state index in [1.165, 1.54) is 5.56 Å². The number of para-hydroxylation sites is 1. The average molecular weight is 308 g/mol. The summed E-state index contributed by atoms with van der Waals surface area (Å²) in [4.78, 5) is 26.3. The predicted molar refractivity (Wildman–Crippen MR) is 90.2 cm³/mol. The molecule has 1 N–H and O–H groups in total. The van der Waals surface area contributed by atoms with Crippen molar-refractivity contribution in [2.75, 3.05) is 11.4 Å². The van der Waals surface area contributed by atoms with Crippen molar-refractivity contribution in [3.05, 3.63) is 65.7 Å². The molecule has 0 bridgehead atoms. The third-order valence-corrected chi connectivity index (χ3v) is 4.12. The molecular weight excluding hydrogens is 288 g/mol. The zero-order chi connectivity index (χ0) is 16.2. The molecule has 4 heteroatoms. The lowest BCUT2D eigenvalue weighted by atomic mass is 10.1. The molecule has 118 valence electrons. The molecule has 0 saturated heterocycles. The fourth-order valence-electron chi connectivity index (χ4n) is 3.05. The summed E-state index contributed by atoms with van der Waals surface area (Å²) >= 11 is 0. The average Bonchev–Trinajstić information content (AvgIpc) is 2.89. The van der Waals surface area contributed by atoms with Crippen LogP contribution in [0.3, 0.4) is 0 Å². The number of nitrogens with zero attached hydrogens (tertiary/aromatic N) is 1. The Hall–Kier alpha value is -2.62. The number of hydrogen-bond donors (Lipinski definition) is 1.